The average Bonchev–Trinajstić information content (AvgIpc) is 3.22. The maximum absolute atomic E-state index is 12.9. The summed E-state index contributed by atoms with van der Waals surface area (Å²) >= 11 is 0. The fourth-order valence-electron chi connectivity index (χ4n) is 9.63. The van der Waals surface area contributed by atoms with Crippen LogP contribution in [0.25, 0.3) is 6.08 Å². The highest BCUT2D eigenvalue weighted by atomic mass is 28.4. The van der Waals surface area contributed by atoms with Crippen molar-refractivity contribution in [3.63, 3.8) is 0 Å². The van der Waals surface area contributed by atoms with Crippen molar-refractivity contribution >= 4 is 34.6 Å². The molecule has 8 nitrogen and oxygen atoms in total. The molecule has 0 radical (unpaired) electrons. The second-order valence-corrected chi connectivity index (χ2v) is 29.9. The van der Waals surface area contributed by atoms with Crippen LogP contribution in [0.3, 0.4) is 0 Å². The SMILES string of the molecule is Cc1cc(OC(=O)c2ccc(OCCCCCCO[Si](C(C)C)(C(C)C)C(C)C)cc2)ccc1OC(=O)/C=C/c1ccc(OCCCCCCO[Si](C(C)C)(C(C)C)C(C)C)cc1. The van der Waals surface area contributed by atoms with Gasteiger partial charge in [-0.2, -0.15) is 0 Å². The van der Waals surface area contributed by atoms with Gasteiger partial charge < -0.3 is 27.8 Å². The minimum absolute atomic E-state index is 0.360. The Labute approximate surface area is 384 Å². The van der Waals surface area contributed by atoms with Crippen LogP contribution in [0, 0.1) is 6.92 Å². The predicted molar refractivity (Wildman–Crippen MR) is 266 cm³/mol. The molecule has 0 atom stereocenters. The summed E-state index contributed by atoms with van der Waals surface area (Å²) in [6.07, 6.45) is 11.7. The first-order chi connectivity index (χ1) is 29.9. The van der Waals surface area contributed by atoms with Gasteiger partial charge in [-0.3, -0.25) is 0 Å². The lowest BCUT2D eigenvalue weighted by Gasteiger charge is -2.42. The van der Waals surface area contributed by atoms with Crippen molar-refractivity contribution in [3.05, 3.63) is 89.5 Å². The van der Waals surface area contributed by atoms with E-state index in [1.165, 1.54) is 6.08 Å². The molecule has 350 valence electrons. The molecule has 63 heavy (non-hydrogen) atoms. The molecule has 10 heteroatoms. The third-order valence-corrected chi connectivity index (χ3v) is 24.9. The molecule has 0 bridgehead atoms. The highest BCUT2D eigenvalue weighted by Crippen LogP contribution is 2.43. The third kappa shape index (κ3) is 16.4. The van der Waals surface area contributed by atoms with Gasteiger partial charge in [-0.15, -0.1) is 0 Å². The Kier molecular flexibility index (Phi) is 22.9. The lowest BCUT2D eigenvalue weighted by atomic mass is 10.2. The van der Waals surface area contributed by atoms with Crippen molar-refractivity contribution in [2.75, 3.05) is 26.4 Å². The van der Waals surface area contributed by atoms with Gasteiger partial charge in [-0.25, -0.2) is 9.59 Å². The number of unbranched alkanes of at least 4 members (excludes halogenated alkanes) is 6. The van der Waals surface area contributed by atoms with Crippen LogP contribution in [0.2, 0.25) is 33.2 Å². The van der Waals surface area contributed by atoms with Gasteiger partial charge >= 0.3 is 11.9 Å². The number of benzene rings is 3. The summed E-state index contributed by atoms with van der Waals surface area (Å²) in [5.74, 6) is 1.28. The minimum Gasteiger partial charge on any atom is -0.494 e. The van der Waals surface area contributed by atoms with Crippen molar-refractivity contribution in [1.29, 1.82) is 0 Å². The van der Waals surface area contributed by atoms with Crippen LogP contribution in [0.15, 0.2) is 72.8 Å². The monoisotopic (exact) mass is 903 g/mol. The van der Waals surface area contributed by atoms with Gasteiger partial charge in [-0.1, -0.05) is 108 Å². The summed E-state index contributed by atoms with van der Waals surface area (Å²) in [6, 6.07) is 19.6. The Hall–Kier alpha value is -3.71. The largest absolute Gasteiger partial charge is 0.494 e. The number of aryl methyl sites for hydroxylation is 1. The Balaban J connectivity index is 1.33. The van der Waals surface area contributed by atoms with E-state index in [1.807, 2.05) is 24.3 Å². The number of hydrogen-bond acceptors (Lipinski definition) is 8. The second-order valence-electron chi connectivity index (χ2n) is 19.0. The first-order valence-corrected chi connectivity index (χ1v) is 28.2. The maximum Gasteiger partial charge on any atom is 0.343 e. The third-order valence-electron chi connectivity index (χ3n) is 12.7. The quantitative estimate of drug-likeness (QED) is 0.0224. The summed E-state index contributed by atoms with van der Waals surface area (Å²) in [5, 5.41) is 0. The number of carbonyl (C=O) groups is 2. The van der Waals surface area contributed by atoms with E-state index >= 15 is 0 Å². The molecule has 0 aromatic heterocycles. The second kappa shape index (κ2) is 26.9. The topological polar surface area (TPSA) is 89.5 Å². The first kappa shape index (κ1) is 53.6. The molecule has 0 heterocycles. The number of carbonyl (C=O) groups excluding carboxylic acids is 2. The molecule has 0 saturated heterocycles. The fraction of sp³-hybridized carbons (Fsp3) is 0.585. The summed E-state index contributed by atoms with van der Waals surface area (Å²) in [7, 11) is -3.58. The maximum atomic E-state index is 12.9. The molecule has 3 rings (SSSR count). The normalized spacial score (nSPS) is 12.4. The van der Waals surface area contributed by atoms with Gasteiger partial charge in [0.2, 0.25) is 0 Å². The van der Waals surface area contributed by atoms with Gasteiger partial charge in [0.25, 0.3) is 0 Å². The molecule has 0 saturated carbocycles. The van der Waals surface area contributed by atoms with Crippen molar-refractivity contribution in [3.8, 4) is 23.0 Å². The van der Waals surface area contributed by atoms with Crippen LogP contribution in [0.5, 0.6) is 23.0 Å². The minimum atomic E-state index is -1.80. The van der Waals surface area contributed by atoms with E-state index < -0.39 is 28.6 Å². The van der Waals surface area contributed by atoms with Crippen molar-refractivity contribution in [2.24, 2.45) is 0 Å². The van der Waals surface area contributed by atoms with Crippen LogP contribution in [0.4, 0.5) is 0 Å². The summed E-state index contributed by atoms with van der Waals surface area (Å²) < 4.78 is 36.5. The predicted octanol–water partition coefficient (Wildman–Crippen LogP) is 15.1. The summed E-state index contributed by atoms with van der Waals surface area (Å²) in [4.78, 5) is 25.6. The molecule has 0 spiro atoms. The van der Waals surface area contributed by atoms with Crippen LogP contribution in [-0.4, -0.2) is 55.0 Å². The van der Waals surface area contributed by atoms with Crippen molar-refractivity contribution in [2.45, 2.75) is 175 Å². The Bertz CT molecular complexity index is 1770. The summed E-state index contributed by atoms with van der Waals surface area (Å²) in [5.41, 5.74) is 5.60. The van der Waals surface area contributed by atoms with E-state index in [9.17, 15) is 9.59 Å². The molecular weight excluding hydrogens is 821 g/mol. The Morgan fingerprint density at radius 1 is 0.492 bits per heavy atom. The van der Waals surface area contributed by atoms with E-state index in [4.69, 9.17) is 27.8 Å². The molecule has 0 aliphatic heterocycles. The van der Waals surface area contributed by atoms with Crippen LogP contribution >= 0.6 is 0 Å². The molecule has 0 aliphatic rings. The van der Waals surface area contributed by atoms with Gasteiger partial charge in [0.1, 0.15) is 23.0 Å². The molecule has 0 fully saturated rings. The van der Waals surface area contributed by atoms with Crippen molar-refractivity contribution < 1.29 is 37.4 Å². The number of esters is 2. The van der Waals surface area contributed by atoms with Crippen LogP contribution in [-0.2, 0) is 13.6 Å². The van der Waals surface area contributed by atoms with E-state index in [0.717, 1.165) is 81.6 Å². The lowest BCUT2D eigenvalue weighted by Crippen LogP contribution is -2.47. The number of rotatable bonds is 29. The molecule has 3 aromatic carbocycles. The van der Waals surface area contributed by atoms with Gasteiger partial charge in [0.05, 0.1) is 18.8 Å². The van der Waals surface area contributed by atoms with Crippen LogP contribution in [0.1, 0.15) is 156 Å². The summed E-state index contributed by atoms with van der Waals surface area (Å²) in [6.45, 7) is 32.8. The fourth-order valence-corrected chi connectivity index (χ4v) is 20.6. The highest BCUT2D eigenvalue weighted by Gasteiger charge is 2.45. The van der Waals surface area contributed by atoms with E-state index in [1.54, 1.807) is 55.5 Å². The van der Waals surface area contributed by atoms with E-state index in [0.29, 0.717) is 69.1 Å². The van der Waals surface area contributed by atoms with Crippen LogP contribution < -0.4 is 18.9 Å². The number of hydrogen-bond donors (Lipinski definition) is 0. The van der Waals surface area contributed by atoms with Gasteiger partial charge in [0, 0.05) is 19.3 Å². The molecule has 3 aromatic rings. The zero-order chi connectivity index (χ0) is 46.6. The Morgan fingerprint density at radius 2 is 0.889 bits per heavy atom. The van der Waals surface area contributed by atoms with Gasteiger partial charge in [0.15, 0.2) is 16.6 Å². The standard InChI is InChI=1S/C53H82O8Si2/c1-39(2)62(40(3)4,41(5)6)58-36-20-16-14-18-34-56-48-27-22-46(23-28-48)24-33-52(54)61-51-32-31-50(38-45(51)13)60-53(55)47-25-29-49(30-26-47)57-35-19-15-17-21-37-59-63(42(7)8,43(9)10)44(11)12/h22-33,38-44H,14-21,34-37H2,1-13H3/b33-24+. The molecular formula is C53H82O8Si2. The Morgan fingerprint density at radius 3 is 1.30 bits per heavy atom. The van der Waals surface area contributed by atoms with Crippen molar-refractivity contribution in [1.82, 2.24) is 0 Å². The van der Waals surface area contributed by atoms with Gasteiger partial charge in [-0.05, 0) is 150 Å². The highest BCUT2D eigenvalue weighted by molar-refractivity contribution is 6.78. The lowest BCUT2D eigenvalue weighted by molar-refractivity contribution is -0.128. The van der Waals surface area contributed by atoms with E-state index in [2.05, 4.69) is 83.1 Å². The zero-order valence-electron chi connectivity index (χ0n) is 41.2. The zero-order valence-corrected chi connectivity index (χ0v) is 43.2. The molecule has 0 unspecified atom stereocenters. The average molecular weight is 903 g/mol. The molecule has 0 aliphatic carbocycles. The van der Waals surface area contributed by atoms with E-state index in [-0.39, 0.29) is 0 Å². The molecule has 0 amide bonds. The molecule has 0 N–H and O–H groups in total. The number of ether oxygens (including phenoxy) is 4. The first-order valence-electron chi connectivity index (χ1n) is 23.9. The smallest absolute Gasteiger partial charge is 0.343 e.